The largest absolute Gasteiger partial charge is 0.360 e. The van der Waals surface area contributed by atoms with Gasteiger partial charge in [-0.15, -0.1) is 0 Å². The second-order valence-corrected chi connectivity index (χ2v) is 8.97. The van der Waals surface area contributed by atoms with Gasteiger partial charge in [0, 0.05) is 29.7 Å². The molecule has 0 aliphatic carbocycles. The highest BCUT2D eigenvalue weighted by atomic mass is 35.5. The Balaban J connectivity index is 1.60. The molecule has 1 aliphatic heterocycles. The van der Waals surface area contributed by atoms with Crippen LogP contribution in [0.4, 0.5) is 5.69 Å². The van der Waals surface area contributed by atoms with E-state index in [4.69, 9.17) is 40.1 Å². The molecular weight excluding hydrogens is 465 g/mol. The highest BCUT2D eigenvalue weighted by Crippen LogP contribution is 2.37. The molecule has 0 radical (unpaired) electrons. The van der Waals surface area contributed by atoms with E-state index in [0.717, 1.165) is 16.8 Å². The molecule has 162 valence electrons. The molecule has 3 aromatic carbocycles. The zero-order chi connectivity index (χ0) is 22.7. The van der Waals surface area contributed by atoms with Crippen LogP contribution in [0, 0.1) is 11.3 Å². The Morgan fingerprint density at radius 3 is 2.44 bits per heavy atom. The maximum Gasteiger partial charge on any atom is 0.227 e. The van der Waals surface area contributed by atoms with Crippen LogP contribution in [0.1, 0.15) is 22.7 Å². The number of nitriles is 1. The SMILES string of the molecule is N#Cc1cccc(CC(=O)N2CCN(c3ccc(Cl)cc3Cl)C(c3ccc(Cl)cc3)C2)c1. The number of carbonyl (C=O) groups is 1. The number of carbonyl (C=O) groups excluding carboxylic acids is 1. The average Bonchev–Trinajstić information content (AvgIpc) is 2.79. The number of rotatable bonds is 4. The minimum absolute atomic E-state index is 0.0286. The molecule has 0 N–H and O–H groups in total. The third-order valence-electron chi connectivity index (χ3n) is 5.62. The Morgan fingerprint density at radius 1 is 0.969 bits per heavy atom. The molecule has 1 heterocycles. The molecular formula is C25H20Cl3N3O. The van der Waals surface area contributed by atoms with E-state index in [2.05, 4.69) is 11.0 Å². The summed E-state index contributed by atoms with van der Waals surface area (Å²) in [5, 5.41) is 10.9. The molecule has 1 aliphatic rings. The lowest BCUT2D eigenvalue weighted by atomic mass is 10.0. The van der Waals surface area contributed by atoms with Gasteiger partial charge in [-0.05, 0) is 53.6 Å². The molecule has 7 heteroatoms. The maximum atomic E-state index is 13.1. The lowest BCUT2D eigenvalue weighted by Gasteiger charge is -2.43. The van der Waals surface area contributed by atoms with Crippen LogP contribution in [-0.2, 0) is 11.2 Å². The van der Waals surface area contributed by atoms with Crippen LogP contribution < -0.4 is 4.90 Å². The van der Waals surface area contributed by atoms with Crippen LogP contribution in [0.5, 0.6) is 0 Å². The Morgan fingerprint density at radius 2 is 1.72 bits per heavy atom. The van der Waals surface area contributed by atoms with Crippen molar-refractivity contribution >= 4 is 46.4 Å². The van der Waals surface area contributed by atoms with E-state index < -0.39 is 0 Å². The lowest BCUT2D eigenvalue weighted by Crippen LogP contribution is -2.51. The lowest BCUT2D eigenvalue weighted by molar-refractivity contribution is -0.131. The van der Waals surface area contributed by atoms with Crippen LogP contribution in [0.2, 0.25) is 15.1 Å². The van der Waals surface area contributed by atoms with Gasteiger partial charge in [0.2, 0.25) is 5.91 Å². The molecule has 1 atom stereocenters. The number of amides is 1. The van der Waals surface area contributed by atoms with Crippen LogP contribution >= 0.6 is 34.8 Å². The highest BCUT2D eigenvalue weighted by Gasteiger charge is 2.31. The number of nitrogens with zero attached hydrogens (tertiary/aromatic N) is 3. The summed E-state index contributed by atoms with van der Waals surface area (Å²) in [6.07, 6.45) is 0.255. The van der Waals surface area contributed by atoms with Crippen LogP contribution in [0.25, 0.3) is 0 Å². The fourth-order valence-corrected chi connectivity index (χ4v) is 4.66. The fraction of sp³-hybridized carbons (Fsp3) is 0.200. The zero-order valence-electron chi connectivity index (χ0n) is 17.1. The van der Waals surface area contributed by atoms with Gasteiger partial charge in [-0.25, -0.2) is 0 Å². The van der Waals surface area contributed by atoms with E-state index in [0.29, 0.717) is 40.3 Å². The van der Waals surface area contributed by atoms with E-state index in [1.807, 2.05) is 47.4 Å². The second-order valence-electron chi connectivity index (χ2n) is 7.69. The molecule has 3 aromatic rings. The summed E-state index contributed by atoms with van der Waals surface area (Å²) < 4.78 is 0. The molecule has 1 saturated heterocycles. The molecule has 1 fully saturated rings. The molecule has 1 unspecified atom stereocenters. The quantitative estimate of drug-likeness (QED) is 0.446. The molecule has 4 rings (SSSR count). The van der Waals surface area contributed by atoms with Gasteiger partial charge in [-0.3, -0.25) is 4.79 Å². The molecule has 1 amide bonds. The molecule has 0 spiro atoms. The molecule has 32 heavy (non-hydrogen) atoms. The van der Waals surface area contributed by atoms with Gasteiger partial charge in [0.05, 0.1) is 34.8 Å². The predicted octanol–water partition coefficient (Wildman–Crippen LogP) is 6.15. The topological polar surface area (TPSA) is 47.3 Å². The first-order chi connectivity index (χ1) is 15.4. The van der Waals surface area contributed by atoms with Gasteiger partial charge >= 0.3 is 0 Å². The van der Waals surface area contributed by atoms with Crippen molar-refractivity contribution in [2.45, 2.75) is 12.5 Å². The molecule has 0 aromatic heterocycles. The van der Waals surface area contributed by atoms with Gasteiger partial charge in [0.15, 0.2) is 0 Å². The summed E-state index contributed by atoms with van der Waals surface area (Å²) in [4.78, 5) is 17.2. The van der Waals surface area contributed by atoms with Crippen LogP contribution in [0.15, 0.2) is 66.7 Å². The number of hydrogen-bond acceptors (Lipinski definition) is 3. The molecule has 4 nitrogen and oxygen atoms in total. The Hall–Kier alpha value is -2.71. The molecule has 0 bridgehead atoms. The first-order valence-electron chi connectivity index (χ1n) is 10.2. The van der Waals surface area contributed by atoms with E-state index >= 15 is 0 Å². The van der Waals surface area contributed by atoms with Crippen molar-refractivity contribution in [2.75, 3.05) is 24.5 Å². The first-order valence-corrected chi connectivity index (χ1v) is 11.3. The monoisotopic (exact) mass is 483 g/mol. The predicted molar refractivity (Wildman–Crippen MR) is 129 cm³/mol. The van der Waals surface area contributed by atoms with Crippen molar-refractivity contribution in [3.05, 3.63) is 98.5 Å². The third kappa shape index (κ3) is 5.02. The minimum Gasteiger partial charge on any atom is -0.360 e. The normalized spacial score (nSPS) is 16.0. The Kier molecular flexibility index (Phi) is 6.91. The summed E-state index contributed by atoms with van der Waals surface area (Å²) in [6, 6.07) is 22.3. The van der Waals surface area contributed by atoms with Gasteiger partial charge in [-0.1, -0.05) is 59.1 Å². The summed E-state index contributed by atoms with van der Waals surface area (Å²) in [5.41, 5.74) is 3.31. The summed E-state index contributed by atoms with van der Waals surface area (Å²) in [5.74, 6) is 0.0286. The van der Waals surface area contributed by atoms with Crippen molar-refractivity contribution in [1.29, 1.82) is 5.26 Å². The fourth-order valence-electron chi connectivity index (χ4n) is 4.02. The highest BCUT2D eigenvalue weighted by molar-refractivity contribution is 6.36. The number of benzene rings is 3. The van der Waals surface area contributed by atoms with E-state index in [9.17, 15) is 4.79 Å². The van der Waals surface area contributed by atoms with E-state index in [1.165, 1.54) is 0 Å². The third-order valence-corrected chi connectivity index (χ3v) is 6.41. The molecule has 0 saturated carbocycles. The van der Waals surface area contributed by atoms with Crippen molar-refractivity contribution in [2.24, 2.45) is 0 Å². The van der Waals surface area contributed by atoms with Crippen molar-refractivity contribution in [3.63, 3.8) is 0 Å². The number of halogens is 3. The van der Waals surface area contributed by atoms with Crippen LogP contribution in [0.3, 0.4) is 0 Å². The van der Waals surface area contributed by atoms with E-state index in [1.54, 1.807) is 24.3 Å². The first kappa shape index (κ1) is 22.5. The zero-order valence-corrected chi connectivity index (χ0v) is 19.4. The number of anilines is 1. The smallest absolute Gasteiger partial charge is 0.227 e. The van der Waals surface area contributed by atoms with Crippen molar-refractivity contribution < 1.29 is 4.79 Å². The Bertz CT molecular complexity index is 1170. The number of piperazine rings is 1. The van der Waals surface area contributed by atoms with Gasteiger partial charge in [-0.2, -0.15) is 5.26 Å². The standard InChI is InChI=1S/C25H20Cl3N3O/c26-20-6-4-19(5-7-20)24-16-30(25(32)13-17-2-1-3-18(12-17)15-29)10-11-31(24)23-9-8-21(27)14-22(23)28/h1-9,12,14,24H,10-11,13,16H2. The van der Waals surface area contributed by atoms with Crippen LogP contribution in [-0.4, -0.2) is 30.4 Å². The van der Waals surface area contributed by atoms with E-state index in [-0.39, 0.29) is 18.4 Å². The minimum atomic E-state index is -0.0888. The summed E-state index contributed by atoms with van der Waals surface area (Å²) in [6.45, 7) is 1.70. The van der Waals surface area contributed by atoms with Crippen molar-refractivity contribution in [3.8, 4) is 6.07 Å². The summed E-state index contributed by atoms with van der Waals surface area (Å²) >= 11 is 18.7. The maximum absolute atomic E-state index is 13.1. The Labute approximate surface area is 202 Å². The van der Waals surface area contributed by atoms with Crippen molar-refractivity contribution in [1.82, 2.24) is 4.90 Å². The average molecular weight is 485 g/mol. The van der Waals surface area contributed by atoms with Gasteiger partial charge < -0.3 is 9.80 Å². The second kappa shape index (κ2) is 9.83. The van der Waals surface area contributed by atoms with Gasteiger partial charge in [0.1, 0.15) is 0 Å². The van der Waals surface area contributed by atoms with Gasteiger partial charge in [0.25, 0.3) is 0 Å². The number of hydrogen-bond donors (Lipinski definition) is 0. The summed E-state index contributed by atoms with van der Waals surface area (Å²) in [7, 11) is 0.